The fourth-order valence-corrected chi connectivity index (χ4v) is 4.12. The monoisotopic (exact) mass is 418 g/mol. The summed E-state index contributed by atoms with van der Waals surface area (Å²) in [5.41, 5.74) is 2.29. The Morgan fingerprint density at radius 1 is 1.06 bits per heavy atom. The number of pyridine rings is 1. The topological polar surface area (TPSA) is 77.3 Å². The van der Waals surface area contributed by atoms with Crippen LogP contribution in [0, 0.1) is 11.8 Å². The molecule has 1 aromatic carbocycles. The van der Waals surface area contributed by atoms with Crippen LogP contribution in [0.4, 0.5) is 0 Å². The summed E-state index contributed by atoms with van der Waals surface area (Å²) in [5, 5.41) is 4.59. The number of ether oxygens (including phenoxy) is 1. The van der Waals surface area contributed by atoms with E-state index in [1.54, 1.807) is 34.2 Å². The molecule has 1 saturated heterocycles. The zero-order valence-electron chi connectivity index (χ0n) is 17.8. The minimum absolute atomic E-state index is 0.162. The number of esters is 1. The van der Waals surface area contributed by atoms with E-state index in [1.165, 1.54) is 0 Å². The number of carbonyl (C=O) groups excluding carboxylic acids is 2. The van der Waals surface area contributed by atoms with Crippen LogP contribution in [-0.4, -0.2) is 51.2 Å². The molecule has 0 aliphatic carbocycles. The summed E-state index contributed by atoms with van der Waals surface area (Å²) in [4.78, 5) is 31.5. The van der Waals surface area contributed by atoms with Crippen LogP contribution in [0.25, 0.3) is 16.9 Å². The average molecular weight is 418 g/mol. The molecule has 160 valence electrons. The molecule has 31 heavy (non-hydrogen) atoms. The molecule has 0 spiro atoms. The van der Waals surface area contributed by atoms with Gasteiger partial charge in [0.2, 0.25) is 0 Å². The van der Waals surface area contributed by atoms with E-state index in [9.17, 15) is 9.59 Å². The minimum Gasteiger partial charge on any atom is -0.452 e. The predicted molar refractivity (Wildman–Crippen MR) is 117 cm³/mol. The number of hydrogen-bond donors (Lipinski definition) is 0. The van der Waals surface area contributed by atoms with Crippen LogP contribution in [0.15, 0.2) is 61.1 Å². The quantitative estimate of drug-likeness (QED) is 0.592. The SMILES string of the molecule is CC1CC(C)CN(C(=O)COC(=O)c2cn(-c3ccccc3)nc2-c2cccnc2)C1. The van der Waals surface area contributed by atoms with Gasteiger partial charge in [0.25, 0.3) is 5.91 Å². The molecule has 7 heteroatoms. The van der Waals surface area contributed by atoms with Crippen LogP contribution in [0.3, 0.4) is 0 Å². The zero-order chi connectivity index (χ0) is 21.8. The van der Waals surface area contributed by atoms with E-state index in [0.717, 1.165) is 12.1 Å². The van der Waals surface area contributed by atoms with E-state index in [0.29, 0.717) is 41.7 Å². The fourth-order valence-electron chi connectivity index (χ4n) is 4.12. The van der Waals surface area contributed by atoms with Crippen LogP contribution >= 0.6 is 0 Å². The minimum atomic E-state index is -0.576. The first kappa shape index (κ1) is 20.8. The number of benzene rings is 1. The van der Waals surface area contributed by atoms with Crippen molar-refractivity contribution in [1.29, 1.82) is 0 Å². The number of rotatable bonds is 5. The smallest absolute Gasteiger partial charge is 0.342 e. The number of piperidine rings is 1. The normalized spacial score (nSPS) is 18.6. The average Bonchev–Trinajstić information content (AvgIpc) is 3.23. The van der Waals surface area contributed by atoms with E-state index in [1.807, 2.05) is 36.4 Å². The molecule has 2 unspecified atom stereocenters. The van der Waals surface area contributed by atoms with Crippen molar-refractivity contribution in [3.05, 3.63) is 66.6 Å². The molecule has 1 aliphatic rings. The maximum Gasteiger partial charge on any atom is 0.342 e. The predicted octanol–water partition coefficient (Wildman–Crippen LogP) is 3.60. The van der Waals surface area contributed by atoms with Crippen LogP contribution in [-0.2, 0) is 9.53 Å². The Kier molecular flexibility index (Phi) is 6.11. The highest BCUT2D eigenvalue weighted by molar-refractivity contribution is 5.97. The molecule has 1 fully saturated rings. The van der Waals surface area contributed by atoms with Gasteiger partial charge in [0, 0.05) is 37.2 Å². The highest BCUT2D eigenvalue weighted by Gasteiger charge is 2.27. The molecule has 1 amide bonds. The second-order valence-electron chi connectivity index (χ2n) is 8.23. The Bertz CT molecular complexity index is 1040. The van der Waals surface area contributed by atoms with Crippen molar-refractivity contribution in [2.24, 2.45) is 11.8 Å². The summed E-state index contributed by atoms with van der Waals surface area (Å²) >= 11 is 0. The summed E-state index contributed by atoms with van der Waals surface area (Å²) in [7, 11) is 0. The molecule has 1 aliphatic heterocycles. The van der Waals surface area contributed by atoms with Crippen molar-refractivity contribution >= 4 is 11.9 Å². The Morgan fingerprint density at radius 2 is 1.81 bits per heavy atom. The first-order chi connectivity index (χ1) is 15.0. The van der Waals surface area contributed by atoms with Crippen molar-refractivity contribution in [2.45, 2.75) is 20.3 Å². The summed E-state index contributed by atoms with van der Waals surface area (Å²) in [6.45, 7) is 5.41. The highest BCUT2D eigenvalue weighted by atomic mass is 16.5. The van der Waals surface area contributed by atoms with Crippen LogP contribution in [0.2, 0.25) is 0 Å². The highest BCUT2D eigenvalue weighted by Crippen LogP contribution is 2.24. The van der Waals surface area contributed by atoms with Gasteiger partial charge in [-0.25, -0.2) is 9.48 Å². The number of nitrogens with zero attached hydrogens (tertiary/aromatic N) is 4. The molecule has 3 aromatic rings. The Balaban J connectivity index is 1.54. The van der Waals surface area contributed by atoms with Crippen LogP contribution < -0.4 is 0 Å². The summed E-state index contributed by atoms with van der Waals surface area (Å²) in [5.74, 6) is 0.159. The van der Waals surface area contributed by atoms with Gasteiger partial charge in [-0.1, -0.05) is 32.0 Å². The van der Waals surface area contributed by atoms with Crippen LogP contribution in [0.5, 0.6) is 0 Å². The van der Waals surface area contributed by atoms with Crippen molar-refractivity contribution < 1.29 is 14.3 Å². The molecule has 0 saturated carbocycles. The summed E-state index contributed by atoms with van der Waals surface area (Å²) < 4.78 is 7.05. The molecule has 3 heterocycles. The van der Waals surface area contributed by atoms with Crippen molar-refractivity contribution in [3.63, 3.8) is 0 Å². The van der Waals surface area contributed by atoms with E-state index in [4.69, 9.17) is 4.74 Å². The van der Waals surface area contributed by atoms with Gasteiger partial charge in [0.05, 0.1) is 5.69 Å². The third-order valence-electron chi connectivity index (χ3n) is 5.44. The lowest BCUT2D eigenvalue weighted by Crippen LogP contribution is -2.44. The second kappa shape index (κ2) is 9.12. The van der Waals surface area contributed by atoms with Gasteiger partial charge >= 0.3 is 5.97 Å². The standard InChI is InChI=1S/C24H26N4O3/c1-17-11-18(2)14-27(13-17)22(29)16-31-24(30)21-15-28(20-8-4-3-5-9-20)26-23(21)19-7-6-10-25-12-19/h3-10,12,15,17-18H,11,13-14,16H2,1-2H3. The molecule has 0 N–H and O–H groups in total. The molecule has 2 aromatic heterocycles. The Hall–Kier alpha value is -3.48. The lowest BCUT2D eigenvalue weighted by Gasteiger charge is -2.34. The maximum atomic E-state index is 12.9. The number of para-hydroxylation sites is 1. The van der Waals surface area contributed by atoms with E-state index in [2.05, 4.69) is 23.9 Å². The molecule has 4 rings (SSSR count). The lowest BCUT2D eigenvalue weighted by molar-refractivity contribution is -0.137. The van der Waals surface area contributed by atoms with Gasteiger partial charge in [0.1, 0.15) is 11.3 Å². The number of amides is 1. The fraction of sp³-hybridized carbons (Fsp3) is 0.333. The first-order valence-electron chi connectivity index (χ1n) is 10.5. The van der Waals surface area contributed by atoms with E-state index in [-0.39, 0.29) is 12.5 Å². The van der Waals surface area contributed by atoms with Crippen molar-refractivity contribution in [2.75, 3.05) is 19.7 Å². The Labute approximate surface area is 181 Å². The maximum absolute atomic E-state index is 12.9. The number of aromatic nitrogens is 3. The molecule has 0 bridgehead atoms. The largest absolute Gasteiger partial charge is 0.452 e. The van der Waals surface area contributed by atoms with Gasteiger partial charge in [-0.15, -0.1) is 0 Å². The van der Waals surface area contributed by atoms with E-state index < -0.39 is 5.97 Å². The zero-order valence-corrected chi connectivity index (χ0v) is 17.8. The van der Waals surface area contributed by atoms with Crippen molar-refractivity contribution in [3.8, 4) is 16.9 Å². The molecule has 7 nitrogen and oxygen atoms in total. The Morgan fingerprint density at radius 3 is 2.48 bits per heavy atom. The number of carbonyl (C=O) groups is 2. The van der Waals surface area contributed by atoms with Gasteiger partial charge < -0.3 is 9.64 Å². The van der Waals surface area contributed by atoms with E-state index >= 15 is 0 Å². The summed E-state index contributed by atoms with van der Waals surface area (Å²) in [6, 6.07) is 13.1. The molecular weight excluding hydrogens is 392 g/mol. The molecular formula is C24H26N4O3. The van der Waals surface area contributed by atoms with Crippen LogP contribution in [0.1, 0.15) is 30.6 Å². The first-order valence-corrected chi connectivity index (χ1v) is 10.5. The number of likely N-dealkylation sites (tertiary alicyclic amines) is 1. The van der Waals surface area contributed by atoms with Gasteiger partial charge in [-0.05, 0) is 42.5 Å². The summed E-state index contributed by atoms with van der Waals surface area (Å²) in [6.07, 6.45) is 6.05. The van der Waals surface area contributed by atoms with Crippen molar-refractivity contribution in [1.82, 2.24) is 19.7 Å². The van der Waals surface area contributed by atoms with Gasteiger partial charge in [-0.2, -0.15) is 5.10 Å². The third-order valence-corrected chi connectivity index (χ3v) is 5.44. The third kappa shape index (κ3) is 4.82. The number of hydrogen-bond acceptors (Lipinski definition) is 5. The molecule has 2 atom stereocenters. The van der Waals surface area contributed by atoms with Gasteiger partial charge in [0.15, 0.2) is 6.61 Å². The van der Waals surface area contributed by atoms with Gasteiger partial charge in [-0.3, -0.25) is 9.78 Å². The lowest BCUT2D eigenvalue weighted by atomic mass is 9.92. The second-order valence-corrected chi connectivity index (χ2v) is 8.23. The molecule has 0 radical (unpaired) electrons.